The third kappa shape index (κ3) is 5.10. The van der Waals surface area contributed by atoms with E-state index in [2.05, 4.69) is 12.2 Å². The van der Waals surface area contributed by atoms with Crippen LogP contribution in [0.25, 0.3) is 0 Å². The minimum atomic E-state index is -0.545. The highest BCUT2D eigenvalue weighted by atomic mass is 19.1. The molecule has 0 amide bonds. The van der Waals surface area contributed by atoms with Crippen molar-refractivity contribution in [2.24, 2.45) is 0 Å². The van der Waals surface area contributed by atoms with Crippen molar-refractivity contribution in [2.45, 2.75) is 32.7 Å². The molecule has 1 unspecified atom stereocenters. The summed E-state index contributed by atoms with van der Waals surface area (Å²) in [5, 5.41) is 3.19. The number of rotatable bonds is 8. The van der Waals surface area contributed by atoms with E-state index in [9.17, 15) is 8.78 Å². The molecule has 1 aromatic rings. The fraction of sp³-hybridized carbons (Fsp3) is 0.571. The summed E-state index contributed by atoms with van der Waals surface area (Å²) in [7, 11) is 0. The van der Waals surface area contributed by atoms with Crippen LogP contribution in [0.15, 0.2) is 18.2 Å². The number of ether oxygens (including phenoxy) is 1. The van der Waals surface area contributed by atoms with Gasteiger partial charge in [0, 0.05) is 30.9 Å². The average Bonchev–Trinajstić information content (AvgIpc) is 2.33. The SMILES string of the molecule is CCCOCCCNC(C)c1ccc(F)cc1F. The number of benzene rings is 1. The van der Waals surface area contributed by atoms with Crippen LogP contribution in [0.2, 0.25) is 0 Å². The summed E-state index contributed by atoms with van der Waals surface area (Å²) in [5.41, 5.74) is 0.492. The van der Waals surface area contributed by atoms with Gasteiger partial charge in [0.2, 0.25) is 0 Å². The van der Waals surface area contributed by atoms with Crippen LogP contribution in [0.3, 0.4) is 0 Å². The zero-order chi connectivity index (χ0) is 13.4. The summed E-state index contributed by atoms with van der Waals surface area (Å²) in [6.45, 7) is 6.17. The molecule has 4 heteroatoms. The number of nitrogens with one attached hydrogen (secondary N) is 1. The van der Waals surface area contributed by atoms with E-state index in [4.69, 9.17) is 4.74 Å². The highest BCUT2D eigenvalue weighted by Crippen LogP contribution is 2.17. The third-order valence-corrected chi connectivity index (χ3v) is 2.69. The Bertz CT molecular complexity index is 358. The predicted molar refractivity (Wildman–Crippen MR) is 68.5 cm³/mol. The number of hydrogen-bond acceptors (Lipinski definition) is 2. The van der Waals surface area contributed by atoms with E-state index in [1.165, 1.54) is 12.1 Å². The van der Waals surface area contributed by atoms with E-state index in [0.29, 0.717) is 12.2 Å². The standard InChI is InChI=1S/C14H21F2NO/c1-3-8-18-9-4-7-17-11(2)13-6-5-12(15)10-14(13)16/h5-6,10-11,17H,3-4,7-9H2,1-2H3. The molecule has 1 atom stereocenters. The third-order valence-electron chi connectivity index (χ3n) is 2.69. The summed E-state index contributed by atoms with van der Waals surface area (Å²) < 4.78 is 31.6. The van der Waals surface area contributed by atoms with Crippen LogP contribution in [0.5, 0.6) is 0 Å². The summed E-state index contributed by atoms with van der Waals surface area (Å²) >= 11 is 0. The molecule has 0 radical (unpaired) electrons. The van der Waals surface area contributed by atoms with Gasteiger partial charge in [-0.25, -0.2) is 8.78 Å². The predicted octanol–water partition coefficient (Wildman–Crippen LogP) is 3.43. The lowest BCUT2D eigenvalue weighted by atomic mass is 10.1. The van der Waals surface area contributed by atoms with Crippen LogP contribution < -0.4 is 5.32 Å². The van der Waals surface area contributed by atoms with Gasteiger partial charge in [-0.3, -0.25) is 0 Å². The van der Waals surface area contributed by atoms with E-state index in [1.54, 1.807) is 0 Å². The summed E-state index contributed by atoms with van der Waals surface area (Å²) in [6, 6.07) is 3.55. The lowest BCUT2D eigenvalue weighted by Gasteiger charge is -2.15. The van der Waals surface area contributed by atoms with E-state index in [-0.39, 0.29) is 6.04 Å². The molecule has 0 spiro atoms. The fourth-order valence-corrected chi connectivity index (χ4v) is 1.70. The highest BCUT2D eigenvalue weighted by Gasteiger charge is 2.10. The van der Waals surface area contributed by atoms with Crippen molar-refractivity contribution in [3.05, 3.63) is 35.4 Å². The molecule has 0 aromatic heterocycles. The van der Waals surface area contributed by atoms with Gasteiger partial charge in [-0.1, -0.05) is 13.0 Å². The van der Waals surface area contributed by atoms with Crippen LogP contribution in [0.4, 0.5) is 8.78 Å². The molecule has 1 N–H and O–H groups in total. The Hall–Kier alpha value is -1.00. The van der Waals surface area contributed by atoms with Crippen LogP contribution >= 0.6 is 0 Å². The van der Waals surface area contributed by atoms with E-state index >= 15 is 0 Å². The molecule has 0 aliphatic heterocycles. The topological polar surface area (TPSA) is 21.3 Å². The van der Waals surface area contributed by atoms with Crippen LogP contribution in [-0.4, -0.2) is 19.8 Å². The minimum absolute atomic E-state index is 0.128. The van der Waals surface area contributed by atoms with Gasteiger partial charge in [-0.2, -0.15) is 0 Å². The minimum Gasteiger partial charge on any atom is -0.381 e. The van der Waals surface area contributed by atoms with Crippen molar-refractivity contribution in [1.82, 2.24) is 5.32 Å². The molecule has 0 aliphatic rings. The first kappa shape index (κ1) is 15.1. The molecule has 1 aromatic carbocycles. The van der Waals surface area contributed by atoms with Crippen molar-refractivity contribution in [3.8, 4) is 0 Å². The molecule has 0 bridgehead atoms. The first-order valence-corrected chi connectivity index (χ1v) is 6.41. The lowest BCUT2D eigenvalue weighted by molar-refractivity contribution is 0.131. The number of halogens is 2. The molecular weight excluding hydrogens is 236 g/mol. The largest absolute Gasteiger partial charge is 0.381 e. The van der Waals surface area contributed by atoms with E-state index in [0.717, 1.165) is 32.1 Å². The zero-order valence-corrected chi connectivity index (χ0v) is 11.0. The van der Waals surface area contributed by atoms with Crippen molar-refractivity contribution >= 4 is 0 Å². The first-order chi connectivity index (χ1) is 8.65. The van der Waals surface area contributed by atoms with Crippen LogP contribution in [0.1, 0.15) is 38.3 Å². The van der Waals surface area contributed by atoms with E-state index < -0.39 is 11.6 Å². The summed E-state index contributed by atoms with van der Waals surface area (Å²) in [5.74, 6) is -1.05. The van der Waals surface area contributed by atoms with Gasteiger partial charge in [-0.15, -0.1) is 0 Å². The van der Waals surface area contributed by atoms with Gasteiger partial charge in [-0.05, 0) is 32.4 Å². The van der Waals surface area contributed by atoms with Crippen LogP contribution in [-0.2, 0) is 4.74 Å². The molecule has 0 heterocycles. The molecule has 18 heavy (non-hydrogen) atoms. The van der Waals surface area contributed by atoms with Gasteiger partial charge in [0.1, 0.15) is 11.6 Å². The van der Waals surface area contributed by atoms with Gasteiger partial charge in [0.05, 0.1) is 0 Å². The Labute approximate surface area is 107 Å². The normalized spacial score (nSPS) is 12.7. The second-order valence-corrected chi connectivity index (χ2v) is 4.31. The maximum absolute atomic E-state index is 13.5. The summed E-state index contributed by atoms with van der Waals surface area (Å²) in [6.07, 6.45) is 1.90. The summed E-state index contributed by atoms with van der Waals surface area (Å²) in [4.78, 5) is 0. The lowest BCUT2D eigenvalue weighted by Crippen LogP contribution is -2.22. The van der Waals surface area contributed by atoms with Gasteiger partial charge in [0.25, 0.3) is 0 Å². The molecule has 2 nitrogen and oxygen atoms in total. The zero-order valence-electron chi connectivity index (χ0n) is 11.0. The van der Waals surface area contributed by atoms with Crippen molar-refractivity contribution in [2.75, 3.05) is 19.8 Å². The van der Waals surface area contributed by atoms with Crippen molar-refractivity contribution in [1.29, 1.82) is 0 Å². The second kappa shape index (κ2) is 8.16. The Morgan fingerprint density at radius 3 is 2.72 bits per heavy atom. The van der Waals surface area contributed by atoms with E-state index in [1.807, 2.05) is 6.92 Å². The van der Waals surface area contributed by atoms with Gasteiger partial charge >= 0.3 is 0 Å². The molecule has 0 aliphatic carbocycles. The Kier molecular flexibility index (Phi) is 6.83. The Morgan fingerprint density at radius 1 is 1.28 bits per heavy atom. The molecule has 0 saturated carbocycles. The van der Waals surface area contributed by atoms with Crippen molar-refractivity contribution < 1.29 is 13.5 Å². The smallest absolute Gasteiger partial charge is 0.130 e. The molecule has 102 valence electrons. The highest BCUT2D eigenvalue weighted by molar-refractivity contribution is 5.21. The molecule has 1 rings (SSSR count). The molecular formula is C14H21F2NO. The first-order valence-electron chi connectivity index (χ1n) is 6.41. The maximum atomic E-state index is 13.5. The van der Waals surface area contributed by atoms with Gasteiger partial charge in [0.15, 0.2) is 0 Å². The van der Waals surface area contributed by atoms with Gasteiger partial charge < -0.3 is 10.1 Å². The Morgan fingerprint density at radius 2 is 2.06 bits per heavy atom. The quantitative estimate of drug-likeness (QED) is 0.720. The second-order valence-electron chi connectivity index (χ2n) is 4.31. The average molecular weight is 257 g/mol. The monoisotopic (exact) mass is 257 g/mol. The van der Waals surface area contributed by atoms with Crippen LogP contribution in [0, 0.1) is 11.6 Å². The molecule has 0 saturated heterocycles. The fourth-order valence-electron chi connectivity index (χ4n) is 1.70. The van der Waals surface area contributed by atoms with Crippen molar-refractivity contribution in [3.63, 3.8) is 0 Å². The maximum Gasteiger partial charge on any atom is 0.130 e. The number of hydrogen-bond donors (Lipinski definition) is 1. The molecule has 0 fully saturated rings. The Balaban J connectivity index is 2.29.